The van der Waals surface area contributed by atoms with Crippen LogP contribution in [0.5, 0.6) is 0 Å². The Labute approximate surface area is 108 Å². The molecule has 0 aliphatic rings. The summed E-state index contributed by atoms with van der Waals surface area (Å²) >= 11 is 3.40. The maximum Gasteiger partial charge on any atom is 0.307 e. The van der Waals surface area contributed by atoms with Gasteiger partial charge in [0.1, 0.15) is 22.4 Å². The predicted octanol–water partition coefficient (Wildman–Crippen LogP) is 1.65. The molecule has 7 heteroatoms. The van der Waals surface area contributed by atoms with Crippen molar-refractivity contribution in [2.24, 2.45) is 0 Å². The van der Waals surface area contributed by atoms with Gasteiger partial charge in [-0.2, -0.15) is 0 Å². The molecule has 0 aliphatic carbocycles. The standard InChI is InChI=1S/C10H15BrN4O2/c1-3-12-9-8(11)10(15-6-14-9)13-5-4-7(16)17-2/h6H,3-5H2,1-2H3,(H2,12,13,14,15). The number of carbonyl (C=O) groups is 1. The first-order valence-electron chi connectivity index (χ1n) is 5.24. The molecular weight excluding hydrogens is 288 g/mol. The Morgan fingerprint density at radius 2 is 2.06 bits per heavy atom. The zero-order chi connectivity index (χ0) is 12.7. The smallest absolute Gasteiger partial charge is 0.307 e. The number of carbonyl (C=O) groups excluding carboxylic acids is 1. The summed E-state index contributed by atoms with van der Waals surface area (Å²) in [7, 11) is 1.37. The topological polar surface area (TPSA) is 76.1 Å². The number of nitrogens with one attached hydrogen (secondary N) is 2. The molecule has 1 aromatic rings. The number of hydrogen-bond donors (Lipinski definition) is 2. The number of ether oxygens (including phenoxy) is 1. The van der Waals surface area contributed by atoms with Gasteiger partial charge in [0.05, 0.1) is 13.5 Å². The summed E-state index contributed by atoms with van der Waals surface area (Å²) < 4.78 is 5.30. The van der Waals surface area contributed by atoms with E-state index in [0.717, 1.165) is 16.8 Å². The molecule has 0 saturated carbocycles. The van der Waals surface area contributed by atoms with Gasteiger partial charge in [-0.3, -0.25) is 4.79 Å². The molecule has 0 radical (unpaired) electrons. The number of esters is 1. The fourth-order valence-electron chi connectivity index (χ4n) is 1.17. The Kier molecular flexibility index (Phi) is 5.68. The van der Waals surface area contributed by atoms with Gasteiger partial charge in [-0.05, 0) is 22.9 Å². The van der Waals surface area contributed by atoms with Gasteiger partial charge in [0.15, 0.2) is 0 Å². The second-order valence-corrected chi connectivity index (χ2v) is 3.96. The molecule has 0 bridgehead atoms. The lowest BCUT2D eigenvalue weighted by Gasteiger charge is -2.10. The maximum atomic E-state index is 10.9. The van der Waals surface area contributed by atoms with E-state index in [1.165, 1.54) is 13.4 Å². The molecule has 1 rings (SSSR count). The first kappa shape index (κ1) is 13.7. The minimum atomic E-state index is -0.255. The largest absolute Gasteiger partial charge is 0.469 e. The van der Waals surface area contributed by atoms with E-state index in [9.17, 15) is 4.79 Å². The third kappa shape index (κ3) is 4.18. The molecule has 0 aromatic carbocycles. The first-order valence-corrected chi connectivity index (χ1v) is 6.03. The summed E-state index contributed by atoms with van der Waals surface area (Å²) in [6, 6.07) is 0. The van der Waals surface area contributed by atoms with Gasteiger partial charge in [0.2, 0.25) is 0 Å². The number of anilines is 2. The van der Waals surface area contributed by atoms with Crippen molar-refractivity contribution in [2.45, 2.75) is 13.3 Å². The minimum absolute atomic E-state index is 0.255. The summed E-state index contributed by atoms with van der Waals surface area (Å²) in [5.74, 6) is 1.12. The number of methoxy groups -OCH3 is 1. The zero-order valence-corrected chi connectivity index (χ0v) is 11.4. The van der Waals surface area contributed by atoms with Crippen LogP contribution >= 0.6 is 15.9 Å². The average Bonchev–Trinajstić information content (AvgIpc) is 2.33. The van der Waals surface area contributed by atoms with Crippen molar-refractivity contribution in [3.8, 4) is 0 Å². The predicted molar refractivity (Wildman–Crippen MR) is 69.0 cm³/mol. The number of hydrogen-bond acceptors (Lipinski definition) is 6. The van der Waals surface area contributed by atoms with E-state index in [-0.39, 0.29) is 5.97 Å². The molecule has 0 spiro atoms. The van der Waals surface area contributed by atoms with Crippen LogP contribution < -0.4 is 10.6 Å². The highest BCUT2D eigenvalue weighted by Gasteiger charge is 2.08. The molecular formula is C10H15BrN4O2. The van der Waals surface area contributed by atoms with E-state index in [1.54, 1.807) is 0 Å². The van der Waals surface area contributed by atoms with E-state index in [4.69, 9.17) is 0 Å². The number of rotatable bonds is 6. The second kappa shape index (κ2) is 7.05. The van der Waals surface area contributed by atoms with Crippen molar-refractivity contribution in [1.82, 2.24) is 9.97 Å². The second-order valence-electron chi connectivity index (χ2n) is 3.17. The van der Waals surface area contributed by atoms with Crippen LogP contribution in [0.25, 0.3) is 0 Å². The van der Waals surface area contributed by atoms with Gasteiger partial charge in [0, 0.05) is 13.1 Å². The van der Waals surface area contributed by atoms with Crippen LogP contribution in [0.15, 0.2) is 10.8 Å². The maximum absolute atomic E-state index is 10.9. The third-order valence-corrected chi connectivity index (χ3v) is 2.73. The quantitative estimate of drug-likeness (QED) is 0.778. The monoisotopic (exact) mass is 302 g/mol. The van der Waals surface area contributed by atoms with Crippen molar-refractivity contribution in [2.75, 3.05) is 30.8 Å². The van der Waals surface area contributed by atoms with E-state index in [1.807, 2.05) is 6.92 Å². The van der Waals surface area contributed by atoms with Crippen molar-refractivity contribution < 1.29 is 9.53 Å². The summed E-state index contributed by atoms with van der Waals surface area (Å²) in [4.78, 5) is 19.1. The molecule has 1 heterocycles. The molecule has 0 saturated heterocycles. The molecule has 1 aromatic heterocycles. The van der Waals surface area contributed by atoms with Gasteiger partial charge in [0.25, 0.3) is 0 Å². The van der Waals surface area contributed by atoms with E-state index >= 15 is 0 Å². The van der Waals surface area contributed by atoms with Crippen molar-refractivity contribution >= 4 is 33.5 Å². The fourth-order valence-corrected chi connectivity index (χ4v) is 1.65. The lowest BCUT2D eigenvalue weighted by atomic mass is 10.4. The van der Waals surface area contributed by atoms with Crippen LogP contribution in [0.4, 0.5) is 11.6 Å². The third-order valence-electron chi connectivity index (χ3n) is 1.98. The van der Waals surface area contributed by atoms with Gasteiger partial charge in [-0.25, -0.2) is 9.97 Å². The molecule has 0 fully saturated rings. The Morgan fingerprint density at radius 3 is 2.65 bits per heavy atom. The van der Waals surface area contributed by atoms with Crippen LogP contribution in [-0.4, -0.2) is 36.1 Å². The van der Waals surface area contributed by atoms with Gasteiger partial charge in [-0.15, -0.1) is 0 Å². The average molecular weight is 303 g/mol. The van der Waals surface area contributed by atoms with E-state index in [0.29, 0.717) is 18.8 Å². The molecule has 0 amide bonds. The molecule has 0 atom stereocenters. The van der Waals surface area contributed by atoms with Gasteiger partial charge in [-0.1, -0.05) is 0 Å². The summed E-state index contributed by atoms with van der Waals surface area (Å²) in [5, 5.41) is 6.14. The number of nitrogens with zero attached hydrogens (tertiary/aromatic N) is 2. The van der Waals surface area contributed by atoms with Crippen molar-refractivity contribution in [1.29, 1.82) is 0 Å². The first-order chi connectivity index (χ1) is 8.19. The van der Waals surface area contributed by atoms with Gasteiger partial charge >= 0.3 is 5.97 Å². The van der Waals surface area contributed by atoms with Crippen LogP contribution in [0.2, 0.25) is 0 Å². The van der Waals surface area contributed by atoms with E-state index < -0.39 is 0 Å². The lowest BCUT2D eigenvalue weighted by molar-refractivity contribution is -0.140. The van der Waals surface area contributed by atoms with Crippen molar-refractivity contribution in [3.05, 3.63) is 10.8 Å². The van der Waals surface area contributed by atoms with Crippen LogP contribution in [0, 0.1) is 0 Å². The minimum Gasteiger partial charge on any atom is -0.469 e. The summed E-state index contributed by atoms with van der Waals surface area (Å²) in [6.45, 7) is 3.23. The molecule has 6 nitrogen and oxygen atoms in total. The molecule has 0 aliphatic heterocycles. The molecule has 17 heavy (non-hydrogen) atoms. The highest BCUT2D eigenvalue weighted by molar-refractivity contribution is 9.10. The van der Waals surface area contributed by atoms with Crippen LogP contribution in [0.3, 0.4) is 0 Å². The van der Waals surface area contributed by atoms with Crippen molar-refractivity contribution in [3.63, 3.8) is 0 Å². The SMILES string of the molecule is CCNc1ncnc(NCCC(=O)OC)c1Br. The van der Waals surface area contributed by atoms with E-state index in [2.05, 4.69) is 41.3 Å². The number of halogens is 1. The highest BCUT2D eigenvalue weighted by atomic mass is 79.9. The van der Waals surface area contributed by atoms with Crippen LogP contribution in [-0.2, 0) is 9.53 Å². The fraction of sp³-hybridized carbons (Fsp3) is 0.500. The van der Waals surface area contributed by atoms with Crippen LogP contribution in [0.1, 0.15) is 13.3 Å². The normalized spacial score (nSPS) is 9.82. The Hall–Kier alpha value is -1.37. The molecule has 2 N–H and O–H groups in total. The highest BCUT2D eigenvalue weighted by Crippen LogP contribution is 2.26. The molecule has 0 unspecified atom stereocenters. The zero-order valence-electron chi connectivity index (χ0n) is 9.79. The lowest BCUT2D eigenvalue weighted by Crippen LogP contribution is -2.12. The Bertz CT molecular complexity index is 387. The Morgan fingerprint density at radius 1 is 1.41 bits per heavy atom. The summed E-state index contributed by atoms with van der Waals surface area (Å²) in [5.41, 5.74) is 0. The Balaban J connectivity index is 2.59. The van der Waals surface area contributed by atoms with Gasteiger partial charge < -0.3 is 15.4 Å². The summed E-state index contributed by atoms with van der Waals surface area (Å²) in [6.07, 6.45) is 1.76. The molecule has 94 valence electrons. The number of aromatic nitrogens is 2.